The molecule has 192 valence electrons. The third kappa shape index (κ3) is 3.82. The first-order valence-electron chi connectivity index (χ1n) is 12.2. The van der Waals surface area contributed by atoms with Crippen LogP contribution in [0, 0.1) is 22.6 Å². The number of hydrogen-bond acceptors (Lipinski definition) is 6. The van der Waals surface area contributed by atoms with Crippen molar-refractivity contribution in [3.8, 4) is 11.8 Å². The largest absolute Gasteiger partial charge is 0.494 e. The Morgan fingerprint density at radius 3 is 2.76 bits per heavy atom. The van der Waals surface area contributed by atoms with Crippen molar-refractivity contribution < 1.29 is 18.7 Å². The topological polar surface area (TPSA) is 86.5 Å². The highest BCUT2D eigenvalue weighted by Crippen LogP contribution is 2.50. The number of carbonyl (C=O) groups is 2. The van der Waals surface area contributed by atoms with Gasteiger partial charge in [0.15, 0.2) is 11.6 Å². The van der Waals surface area contributed by atoms with Gasteiger partial charge in [-0.25, -0.2) is 14.1 Å². The number of carbonyl (C=O) groups excluding carboxylic acids is 2. The number of urea groups is 1. The first kappa shape index (κ1) is 24.7. The molecule has 1 aliphatic carbocycles. The van der Waals surface area contributed by atoms with Gasteiger partial charge in [-0.1, -0.05) is 42.3 Å². The molecule has 1 saturated carbocycles. The monoisotopic (exact) mass is 548 g/mol. The molecule has 10 heteroatoms. The molecular weight excluding hydrogens is 527 g/mol. The van der Waals surface area contributed by atoms with E-state index in [0.717, 1.165) is 17.2 Å². The number of nitrogens with zero attached hydrogens (tertiary/aromatic N) is 4. The molecule has 1 saturated heterocycles. The fourth-order valence-electron chi connectivity index (χ4n) is 5.35. The first-order chi connectivity index (χ1) is 18.4. The quantitative estimate of drug-likeness (QED) is 0.387. The van der Waals surface area contributed by atoms with E-state index >= 15 is 0 Å². The van der Waals surface area contributed by atoms with Crippen LogP contribution in [0.5, 0.6) is 5.75 Å². The van der Waals surface area contributed by atoms with Crippen molar-refractivity contribution in [1.82, 2.24) is 9.88 Å². The van der Waals surface area contributed by atoms with Crippen LogP contribution in [0.4, 0.5) is 14.9 Å². The molecule has 3 amide bonds. The molecule has 2 aromatic carbocycles. The van der Waals surface area contributed by atoms with Crippen LogP contribution in [0.3, 0.4) is 0 Å². The number of thioether (sulfide) groups is 1. The number of anilines is 1. The van der Waals surface area contributed by atoms with Crippen molar-refractivity contribution in [3.63, 3.8) is 0 Å². The van der Waals surface area contributed by atoms with Crippen molar-refractivity contribution in [2.75, 3.05) is 18.6 Å². The summed E-state index contributed by atoms with van der Waals surface area (Å²) in [5, 5.41) is 11.0. The third-order valence-electron chi connectivity index (χ3n) is 7.56. The zero-order chi connectivity index (χ0) is 26.6. The normalized spacial score (nSPS) is 22.1. The molecule has 3 heterocycles. The lowest BCUT2D eigenvalue weighted by molar-refractivity contribution is -0.119. The number of fused-ring (bicyclic) bond motifs is 2. The number of nitriles is 1. The van der Waals surface area contributed by atoms with Crippen LogP contribution in [0.1, 0.15) is 24.8 Å². The zero-order valence-electron chi connectivity index (χ0n) is 20.4. The van der Waals surface area contributed by atoms with Crippen molar-refractivity contribution in [1.29, 1.82) is 5.26 Å². The van der Waals surface area contributed by atoms with E-state index in [4.69, 9.17) is 16.3 Å². The molecule has 2 atom stereocenters. The van der Waals surface area contributed by atoms with E-state index in [0.29, 0.717) is 29.0 Å². The molecule has 2 unspecified atom stereocenters. The van der Waals surface area contributed by atoms with Crippen LogP contribution < -0.4 is 9.64 Å². The van der Waals surface area contributed by atoms with Gasteiger partial charge in [0.2, 0.25) is 0 Å². The molecule has 0 bridgehead atoms. The minimum Gasteiger partial charge on any atom is -0.494 e. The van der Waals surface area contributed by atoms with Crippen molar-refractivity contribution >= 4 is 56.7 Å². The van der Waals surface area contributed by atoms with Crippen LogP contribution >= 0.6 is 23.4 Å². The van der Waals surface area contributed by atoms with Gasteiger partial charge in [0.1, 0.15) is 5.25 Å². The van der Waals surface area contributed by atoms with E-state index in [1.165, 1.54) is 42.1 Å². The Balaban J connectivity index is 1.46. The van der Waals surface area contributed by atoms with Crippen molar-refractivity contribution in [3.05, 3.63) is 71.3 Å². The summed E-state index contributed by atoms with van der Waals surface area (Å²) < 4.78 is 19.4. The fraction of sp³-hybridized carbons (Fsp3) is 0.286. The molecule has 3 aromatic rings. The molecule has 2 aliphatic heterocycles. The maximum atomic E-state index is 14.2. The molecule has 1 aromatic heterocycles. The molecule has 38 heavy (non-hydrogen) atoms. The van der Waals surface area contributed by atoms with Gasteiger partial charge >= 0.3 is 6.03 Å². The van der Waals surface area contributed by atoms with Gasteiger partial charge in [0, 0.05) is 34.0 Å². The third-order valence-corrected chi connectivity index (χ3v) is 9.22. The maximum Gasteiger partial charge on any atom is 0.332 e. The van der Waals surface area contributed by atoms with Crippen molar-refractivity contribution in [2.24, 2.45) is 5.41 Å². The Kier molecular flexibility index (Phi) is 6.04. The number of hydrogen-bond donors (Lipinski definition) is 0. The summed E-state index contributed by atoms with van der Waals surface area (Å²) in [4.78, 5) is 35.8. The Hall–Kier alpha value is -3.61. The summed E-state index contributed by atoms with van der Waals surface area (Å²) in [6.07, 6.45) is 7.34. The Morgan fingerprint density at radius 1 is 1.26 bits per heavy atom. The summed E-state index contributed by atoms with van der Waals surface area (Å²) in [6, 6.07) is 11.4. The summed E-state index contributed by atoms with van der Waals surface area (Å²) >= 11 is 7.68. The number of benzene rings is 2. The predicted molar refractivity (Wildman–Crippen MR) is 144 cm³/mol. The smallest absolute Gasteiger partial charge is 0.332 e. The van der Waals surface area contributed by atoms with E-state index in [1.54, 1.807) is 11.1 Å². The van der Waals surface area contributed by atoms with Crippen LogP contribution in [0.2, 0.25) is 5.02 Å². The van der Waals surface area contributed by atoms with Gasteiger partial charge in [-0.05, 0) is 31.1 Å². The lowest BCUT2D eigenvalue weighted by Gasteiger charge is -2.46. The van der Waals surface area contributed by atoms with Gasteiger partial charge in [0.05, 0.1) is 41.5 Å². The van der Waals surface area contributed by atoms with Gasteiger partial charge < -0.3 is 9.64 Å². The van der Waals surface area contributed by atoms with E-state index in [2.05, 4.69) is 11.1 Å². The van der Waals surface area contributed by atoms with Crippen LogP contribution in [0.25, 0.3) is 15.7 Å². The second-order valence-electron chi connectivity index (χ2n) is 9.74. The van der Waals surface area contributed by atoms with E-state index in [1.807, 2.05) is 30.3 Å². The minimum absolute atomic E-state index is 0.0291. The number of methoxy groups -OCH3 is 1. The summed E-state index contributed by atoms with van der Waals surface area (Å²) in [5.74, 6) is -0.942. The van der Waals surface area contributed by atoms with Gasteiger partial charge in [0.25, 0.3) is 5.91 Å². The average Bonchev–Trinajstić information content (AvgIpc) is 3.34. The van der Waals surface area contributed by atoms with Crippen LogP contribution in [-0.4, -0.2) is 46.8 Å². The standard InChI is InChI=1S/C28H22ClFN4O3S/c1-37-23-9-18(19(29)10-20(23)30)24-11-21-25(38-24)26(35)34(22-13-32-12-16-5-2-3-6-17(16)22)27(36)33(21)15-28(14-31)7-4-8-28/h2-3,5-6,9-13,21,25H,4,7-8,15H2,1H3. The van der Waals surface area contributed by atoms with Crippen LogP contribution in [-0.2, 0) is 4.79 Å². The number of ether oxygens (including phenoxy) is 1. The number of rotatable bonds is 5. The first-order valence-corrected chi connectivity index (χ1v) is 13.4. The lowest BCUT2D eigenvalue weighted by Crippen LogP contribution is -2.64. The second-order valence-corrected chi connectivity index (χ2v) is 11.3. The number of aromatic nitrogens is 1. The summed E-state index contributed by atoms with van der Waals surface area (Å²) in [7, 11) is 1.37. The fourth-order valence-corrected chi connectivity index (χ4v) is 7.02. The zero-order valence-corrected chi connectivity index (χ0v) is 21.9. The SMILES string of the molecule is COc1cc(C2=CC3C(S2)C(=O)N(c2cncc4ccccc24)C(=O)N3CC2(C#N)CCC2)c(Cl)cc1F. The number of amides is 3. The molecule has 7 nitrogen and oxygen atoms in total. The van der Waals surface area contributed by atoms with Gasteiger partial charge in [-0.15, -0.1) is 11.8 Å². The molecule has 0 N–H and O–H groups in total. The Bertz CT molecular complexity index is 1560. The van der Waals surface area contributed by atoms with E-state index in [9.17, 15) is 19.2 Å². The highest BCUT2D eigenvalue weighted by molar-refractivity contribution is 8.09. The van der Waals surface area contributed by atoms with E-state index in [-0.39, 0.29) is 23.2 Å². The maximum absolute atomic E-state index is 14.2. The molecular formula is C28H22ClFN4O3S. The highest BCUT2D eigenvalue weighted by Gasteiger charge is 2.53. The average molecular weight is 549 g/mol. The number of pyridine rings is 1. The second kappa shape index (κ2) is 9.29. The number of halogens is 2. The summed E-state index contributed by atoms with van der Waals surface area (Å²) in [6.45, 7) is 0.205. The molecule has 6 rings (SSSR count). The van der Waals surface area contributed by atoms with Gasteiger partial charge in [-0.2, -0.15) is 5.26 Å². The highest BCUT2D eigenvalue weighted by atomic mass is 35.5. The number of imide groups is 1. The Labute approximate surface area is 227 Å². The molecule has 0 spiro atoms. The predicted octanol–water partition coefficient (Wildman–Crippen LogP) is 6.02. The molecule has 0 radical (unpaired) electrons. The van der Waals surface area contributed by atoms with E-state index < -0.39 is 28.6 Å². The molecule has 3 aliphatic rings. The minimum atomic E-state index is -0.676. The Morgan fingerprint density at radius 2 is 2.05 bits per heavy atom. The van der Waals surface area contributed by atoms with Crippen molar-refractivity contribution in [2.45, 2.75) is 30.6 Å². The van der Waals surface area contributed by atoms with Gasteiger partial charge in [-0.3, -0.25) is 9.78 Å². The lowest BCUT2D eigenvalue weighted by atomic mass is 9.69. The van der Waals surface area contributed by atoms with Crippen LogP contribution in [0.15, 0.2) is 54.9 Å². The summed E-state index contributed by atoms with van der Waals surface area (Å²) in [5.41, 5.74) is 0.264. The molecule has 2 fully saturated rings.